The Morgan fingerprint density at radius 2 is 2.07 bits per heavy atom. The number of aromatic hydroxyl groups is 2. The molecule has 0 aliphatic carbocycles. The lowest BCUT2D eigenvalue weighted by Crippen LogP contribution is -2.09. The predicted octanol–water partition coefficient (Wildman–Crippen LogP) is 1.03. The summed E-state index contributed by atoms with van der Waals surface area (Å²) >= 11 is 0. The Morgan fingerprint density at radius 1 is 1.43 bits per heavy atom. The van der Waals surface area contributed by atoms with E-state index in [0.29, 0.717) is 12.1 Å². The molecule has 0 aliphatic rings. The Bertz CT molecular complexity index is 382. The maximum absolute atomic E-state index is 9.49. The highest BCUT2D eigenvalue weighted by Crippen LogP contribution is 2.31. The Morgan fingerprint density at radius 3 is 2.57 bits per heavy atom. The summed E-state index contributed by atoms with van der Waals surface area (Å²) in [5.41, 5.74) is 6.18. The zero-order valence-electron chi connectivity index (χ0n) is 7.86. The Hall–Kier alpha value is -1.73. The molecule has 1 atom stereocenters. The van der Waals surface area contributed by atoms with Gasteiger partial charge in [0.1, 0.15) is 17.6 Å². The van der Waals surface area contributed by atoms with Crippen LogP contribution in [0.25, 0.3) is 0 Å². The van der Waals surface area contributed by atoms with E-state index in [-0.39, 0.29) is 23.0 Å². The van der Waals surface area contributed by atoms with E-state index in [9.17, 15) is 10.2 Å². The highest BCUT2D eigenvalue weighted by Gasteiger charge is 2.12. The lowest BCUT2D eigenvalue weighted by molar-refractivity contribution is 0.442. The topological polar surface area (TPSA) is 90.3 Å². The second kappa shape index (κ2) is 3.99. The number of nitriles is 1. The first-order valence-corrected chi connectivity index (χ1v) is 4.26. The Labute approximate surface area is 82.2 Å². The van der Waals surface area contributed by atoms with Crippen LogP contribution in [-0.2, 0) is 0 Å². The average molecular weight is 192 g/mol. The maximum atomic E-state index is 9.49. The first-order chi connectivity index (χ1) is 6.60. The standard InChI is InChI=1S/C10H12N2O2/c1-6(4-11)8-2-7(5-12)9(13)3-10(8)14/h2-3,6,13-14H,4,11H2,1H3. The van der Waals surface area contributed by atoms with Crippen LogP contribution < -0.4 is 5.73 Å². The first-order valence-electron chi connectivity index (χ1n) is 4.26. The van der Waals surface area contributed by atoms with Crippen molar-refractivity contribution in [1.29, 1.82) is 5.26 Å². The zero-order chi connectivity index (χ0) is 10.7. The minimum Gasteiger partial charge on any atom is -0.508 e. The van der Waals surface area contributed by atoms with Crippen molar-refractivity contribution in [2.24, 2.45) is 5.73 Å². The highest BCUT2D eigenvalue weighted by molar-refractivity contribution is 5.51. The molecule has 0 radical (unpaired) electrons. The number of benzene rings is 1. The number of phenols is 2. The zero-order valence-corrected chi connectivity index (χ0v) is 7.86. The van der Waals surface area contributed by atoms with Gasteiger partial charge in [-0.05, 0) is 24.1 Å². The summed E-state index contributed by atoms with van der Waals surface area (Å²) in [6.45, 7) is 2.22. The third-order valence-corrected chi connectivity index (χ3v) is 2.15. The molecule has 4 nitrogen and oxygen atoms in total. The Balaban J connectivity index is 3.26. The lowest BCUT2D eigenvalue weighted by Gasteiger charge is -2.11. The van der Waals surface area contributed by atoms with Gasteiger partial charge in [-0.25, -0.2) is 0 Å². The Kier molecular flexibility index (Phi) is 2.95. The van der Waals surface area contributed by atoms with Gasteiger partial charge in [-0.15, -0.1) is 0 Å². The summed E-state index contributed by atoms with van der Waals surface area (Å²) in [4.78, 5) is 0. The van der Waals surface area contributed by atoms with Crippen LogP contribution in [0.15, 0.2) is 12.1 Å². The van der Waals surface area contributed by atoms with Gasteiger partial charge < -0.3 is 15.9 Å². The molecule has 1 unspecified atom stereocenters. The SMILES string of the molecule is CC(CN)c1cc(C#N)c(O)cc1O. The van der Waals surface area contributed by atoms with Gasteiger partial charge in [0.05, 0.1) is 5.56 Å². The molecule has 1 aromatic carbocycles. The second-order valence-electron chi connectivity index (χ2n) is 3.18. The maximum Gasteiger partial charge on any atom is 0.137 e. The predicted molar refractivity (Wildman–Crippen MR) is 52.0 cm³/mol. The summed E-state index contributed by atoms with van der Waals surface area (Å²) in [5.74, 6) is -0.278. The van der Waals surface area contributed by atoms with Crippen LogP contribution in [0, 0.1) is 11.3 Å². The van der Waals surface area contributed by atoms with Crippen LogP contribution in [0.3, 0.4) is 0 Å². The van der Waals surface area contributed by atoms with Crippen LogP contribution >= 0.6 is 0 Å². The fourth-order valence-electron chi connectivity index (χ4n) is 1.21. The van der Waals surface area contributed by atoms with Gasteiger partial charge in [-0.2, -0.15) is 5.26 Å². The minimum atomic E-state index is -0.210. The van der Waals surface area contributed by atoms with E-state index in [1.54, 1.807) is 0 Å². The molecule has 0 fully saturated rings. The summed E-state index contributed by atoms with van der Waals surface area (Å²) < 4.78 is 0. The van der Waals surface area contributed by atoms with E-state index in [1.807, 2.05) is 13.0 Å². The van der Waals surface area contributed by atoms with E-state index >= 15 is 0 Å². The van der Waals surface area contributed by atoms with E-state index in [0.717, 1.165) is 0 Å². The third-order valence-electron chi connectivity index (χ3n) is 2.15. The number of phenolic OH excluding ortho intramolecular Hbond substituents is 2. The van der Waals surface area contributed by atoms with Crippen LogP contribution in [-0.4, -0.2) is 16.8 Å². The third kappa shape index (κ3) is 1.78. The molecule has 0 spiro atoms. The molecular formula is C10H12N2O2. The van der Waals surface area contributed by atoms with Crippen molar-refractivity contribution >= 4 is 0 Å². The number of rotatable bonds is 2. The van der Waals surface area contributed by atoms with Crippen molar-refractivity contribution in [2.75, 3.05) is 6.54 Å². The van der Waals surface area contributed by atoms with Crippen LogP contribution in [0.2, 0.25) is 0 Å². The molecule has 1 rings (SSSR count). The van der Waals surface area contributed by atoms with Gasteiger partial charge >= 0.3 is 0 Å². The van der Waals surface area contributed by atoms with Gasteiger partial charge in [0.2, 0.25) is 0 Å². The molecule has 0 saturated carbocycles. The molecule has 14 heavy (non-hydrogen) atoms. The quantitative estimate of drug-likeness (QED) is 0.652. The molecule has 0 amide bonds. The van der Waals surface area contributed by atoms with Gasteiger partial charge in [-0.3, -0.25) is 0 Å². The van der Waals surface area contributed by atoms with E-state index in [2.05, 4.69) is 0 Å². The molecule has 0 bridgehead atoms. The van der Waals surface area contributed by atoms with Crippen LogP contribution in [0.1, 0.15) is 24.0 Å². The number of nitrogens with zero attached hydrogens (tertiary/aromatic N) is 1. The summed E-state index contributed by atoms with van der Waals surface area (Å²) in [6, 6.07) is 4.47. The molecule has 0 aromatic heterocycles. The minimum absolute atomic E-state index is 0.0283. The number of nitrogens with two attached hydrogens (primary N) is 1. The van der Waals surface area contributed by atoms with E-state index in [1.165, 1.54) is 12.1 Å². The molecule has 0 aliphatic heterocycles. The van der Waals surface area contributed by atoms with Gasteiger partial charge in [-0.1, -0.05) is 6.92 Å². The smallest absolute Gasteiger partial charge is 0.137 e. The van der Waals surface area contributed by atoms with E-state index in [4.69, 9.17) is 11.0 Å². The van der Waals surface area contributed by atoms with Crippen LogP contribution in [0.4, 0.5) is 0 Å². The van der Waals surface area contributed by atoms with Gasteiger partial charge in [0.15, 0.2) is 0 Å². The molecule has 1 aromatic rings. The van der Waals surface area contributed by atoms with Crippen molar-refractivity contribution in [3.63, 3.8) is 0 Å². The summed E-state index contributed by atoms with van der Waals surface area (Å²) in [7, 11) is 0. The van der Waals surface area contributed by atoms with Crippen molar-refractivity contribution in [3.05, 3.63) is 23.3 Å². The molecule has 0 saturated heterocycles. The molecule has 4 heteroatoms. The molecule has 74 valence electrons. The molecule has 0 heterocycles. The van der Waals surface area contributed by atoms with E-state index < -0.39 is 0 Å². The van der Waals surface area contributed by atoms with Crippen molar-refractivity contribution < 1.29 is 10.2 Å². The average Bonchev–Trinajstić information content (AvgIpc) is 2.17. The van der Waals surface area contributed by atoms with Gasteiger partial charge in [0, 0.05) is 6.07 Å². The van der Waals surface area contributed by atoms with Crippen molar-refractivity contribution in [2.45, 2.75) is 12.8 Å². The first kappa shape index (κ1) is 10.4. The number of hydrogen-bond acceptors (Lipinski definition) is 4. The fourth-order valence-corrected chi connectivity index (χ4v) is 1.21. The van der Waals surface area contributed by atoms with Gasteiger partial charge in [0.25, 0.3) is 0 Å². The lowest BCUT2D eigenvalue weighted by atomic mass is 9.98. The summed E-state index contributed by atoms with van der Waals surface area (Å²) in [5, 5.41) is 27.4. The molecular weight excluding hydrogens is 180 g/mol. The normalized spacial score (nSPS) is 12.1. The highest BCUT2D eigenvalue weighted by atomic mass is 16.3. The number of hydrogen-bond donors (Lipinski definition) is 3. The summed E-state index contributed by atoms with van der Waals surface area (Å²) in [6.07, 6.45) is 0. The van der Waals surface area contributed by atoms with Crippen LogP contribution in [0.5, 0.6) is 11.5 Å². The largest absolute Gasteiger partial charge is 0.508 e. The second-order valence-corrected chi connectivity index (χ2v) is 3.18. The van der Waals surface area contributed by atoms with Crippen molar-refractivity contribution in [1.82, 2.24) is 0 Å². The van der Waals surface area contributed by atoms with Crippen molar-refractivity contribution in [3.8, 4) is 17.6 Å². The fraction of sp³-hybridized carbons (Fsp3) is 0.300. The molecule has 4 N–H and O–H groups in total. The monoisotopic (exact) mass is 192 g/mol.